The largest absolute Gasteiger partial charge is 0.466 e. The molecule has 114 valence electrons. The minimum Gasteiger partial charge on any atom is -0.466 e. The van der Waals surface area contributed by atoms with Crippen LogP contribution in [0.3, 0.4) is 0 Å². The average Bonchev–Trinajstić information content (AvgIpc) is 2.41. The van der Waals surface area contributed by atoms with Gasteiger partial charge in [0.2, 0.25) is 0 Å². The van der Waals surface area contributed by atoms with Crippen LogP contribution >= 0.6 is 0 Å². The van der Waals surface area contributed by atoms with Crippen molar-refractivity contribution in [3.8, 4) is 0 Å². The second-order valence-corrected chi connectivity index (χ2v) is 4.39. The molecule has 0 aliphatic carbocycles. The summed E-state index contributed by atoms with van der Waals surface area (Å²) < 4.78 is 9.76. The molecule has 0 aliphatic heterocycles. The van der Waals surface area contributed by atoms with Crippen molar-refractivity contribution in [2.24, 2.45) is 0 Å². The summed E-state index contributed by atoms with van der Waals surface area (Å²) in [6.07, 6.45) is 1.26. The van der Waals surface area contributed by atoms with Gasteiger partial charge in [-0.2, -0.15) is 0 Å². The Bertz CT molecular complexity index is 506. The van der Waals surface area contributed by atoms with Crippen LogP contribution in [0.25, 0.3) is 0 Å². The second-order valence-electron chi connectivity index (χ2n) is 4.39. The molecule has 0 atom stereocenters. The van der Waals surface area contributed by atoms with Gasteiger partial charge in [-0.1, -0.05) is 17.7 Å². The van der Waals surface area contributed by atoms with Crippen LogP contribution in [0.4, 0.5) is 5.69 Å². The smallest absolute Gasteiger partial charge is 0.332 e. The van der Waals surface area contributed by atoms with Gasteiger partial charge in [0.05, 0.1) is 19.6 Å². The topological polar surface area (TPSA) is 64.6 Å². The number of hydrogen-bond acceptors (Lipinski definition) is 5. The first-order valence-corrected chi connectivity index (χ1v) is 6.91. The first-order chi connectivity index (χ1) is 10.0. The molecule has 0 spiro atoms. The maximum Gasteiger partial charge on any atom is 0.332 e. The van der Waals surface area contributed by atoms with Crippen LogP contribution in [-0.2, 0) is 19.1 Å². The van der Waals surface area contributed by atoms with Crippen LogP contribution in [0.15, 0.2) is 36.0 Å². The van der Waals surface area contributed by atoms with Crippen molar-refractivity contribution in [2.45, 2.75) is 27.2 Å². The standard InChI is InChI=1S/C16H21NO4/c1-4-20-15(18)10-14(11-16(19)21-5-2)17-13-8-6-12(3)7-9-13/h6-10,17H,4-5,11H2,1-3H3/b14-10-. The van der Waals surface area contributed by atoms with E-state index in [1.165, 1.54) is 6.08 Å². The molecule has 0 saturated carbocycles. The van der Waals surface area contributed by atoms with Crippen LogP contribution in [0.1, 0.15) is 25.8 Å². The fourth-order valence-electron chi connectivity index (χ4n) is 1.65. The Labute approximate surface area is 124 Å². The number of nitrogens with one attached hydrogen (secondary N) is 1. The number of carbonyl (C=O) groups excluding carboxylic acids is 2. The van der Waals surface area contributed by atoms with E-state index >= 15 is 0 Å². The fourth-order valence-corrected chi connectivity index (χ4v) is 1.65. The Balaban J connectivity index is 2.82. The Morgan fingerprint density at radius 1 is 1.10 bits per heavy atom. The first kappa shape index (κ1) is 16.8. The Morgan fingerprint density at radius 2 is 1.71 bits per heavy atom. The third kappa shape index (κ3) is 6.61. The zero-order valence-corrected chi connectivity index (χ0v) is 12.6. The second kappa shape index (κ2) is 8.79. The number of anilines is 1. The van der Waals surface area contributed by atoms with E-state index in [9.17, 15) is 9.59 Å². The molecule has 0 aromatic heterocycles. The summed E-state index contributed by atoms with van der Waals surface area (Å²) in [6, 6.07) is 7.63. The minimum absolute atomic E-state index is 0.0134. The Morgan fingerprint density at radius 3 is 2.29 bits per heavy atom. The van der Waals surface area contributed by atoms with Crippen molar-refractivity contribution in [3.63, 3.8) is 0 Å². The zero-order chi connectivity index (χ0) is 15.7. The lowest BCUT2D eigenvalue weighted by atomic mass is 10.2. The molecule has 1 rings (SSSR count). The lowest BCUT2D eigenvalue weighted by Gasteiger charge is -2.11. The number of rotatable bonds is 7. The van der Waals surface area contributed by atoms with E-state index in [0.29, 0.717) is 12.3 Å². The molecule has 0 radical (unpaired) electrons. The van der Waals surface area contributed by atoms with Crippen molar-refractivity contribution in [3.05, 3.63) is 41.6 Å². The van der Waals surface area contributed by atoms with Crippen LogP contribution < -0.4 is 5.32 Å². The highest BCUT2D eigenvalue weighted by atomic mass is 16.5. The predicted molar refractivity (Wildman–Crippen MR) is 80.8 cm³/mol. The van der Waals surface area contributed by atoms with Gasteiger partial charge in [0, 0.05) is 17.5 Å². The molecule has 0 saturated heterocycles. The van der Waals surface area contributed by atoms with Gasteiger partial charge in [0.15, 0.2) is 0 Å². The van der Waals surface area contributed by atoms with Crippen LogP contribution in [0.5, 0.6) is 0 Å². The highest BCUT2D eigenvalue weighted by Gasteiger charge is 2.10. The van der Waals surface area contributed by atoms with Crippen molar-refractivity contribution < 1.29 is 19.1 Å². The number of esters is 2. The number of benzene rings is 1. The lowest BCUT2D eigenvalue weighted by Crippen LogP contribution is -2.12. The zero-order valence-electron chi connectivity index (χ0n) is 12.6. The van der Waals surface area contributed by atoms with E-state index in [2.05, 4.69) is 5.32 Å². The van der Waals surface area contributed by atoms with Gasteiger partial charge in [-0.05, 0) is 32.9 Å². The third-order valence-electron chi connectivity index (χ3n) is 2.58. The molecule has 0 unspecified atom stereocenters. The summed E-state index contributed by atoms with van der Waals surface area (Å²) in [4.78, 5) is 23.1. The van der Waals surface area contributed by atoms with Crippen molar-refractivity contribution >= 4 is 17.6 Å². The summed E-state index contributed by atoms with van der Waals surface area (Å²) in [5.74, 6) is -0.885. The van der Waals surface area contributed by atoms with E-state index < -0.39 is 11.9 Å². The quantitative estimate of drug-likeness (QED) is 0.618. The first-order valence-electron chi connectivity index (χ1n) is 6.91. The van der Waals surface area contributed by atoms with Gasteiger partial charge in [0.25, 0.3) is 0 Å². The van der Waals surface area contributed by atoms with E-state index in [4.69, 9.17) is 9.47 Å². The fraction of sp³-hybridized carbons (Fsp3) is 0.375. The minimum atomic E-state index is -0.489. The average molecular weight is 291 g/mol. The van der Waals surface area contributed by atoms with Crippen LogP contribution in [0, 0.1) is 6.92 Å². The number of aryl methyl sites for hydroxylation is 1. The van der Waals surface area contributed by atoms with E-state index in [0.717, 1.165) is 11.3 Å². The van der Waals surface area contributed by atoms with E-state index in [-0.39, 0.29) is 13.0 Å². The van der Waals surface area contributed by atoms with Gasteiger partial charge in [-0.25, -0.2) is 4.79 Å². The van der Waals surface area contributed by atoms with Crippen molar-refractivity contribution in [1.29, 1.82) is 0 Å². The summed E-state index contributed by atoms with van der Waals surface area (Å²) >= 11 is 0. The van der Waals surface area contributed by atoms with Crippen LogP contribution in [0.2, 0.25) is 0 Å². The molecule has 0 bridgehead atoms. The molecule has 0 aliphatic rings. The molecule has 1 N–H and O–H groups in total. The number of carbonyl (C=O) groups is 2. The third-order valence-corrected chi connectivity index (χ3v) is 2.58. The molecule has 5 nitrogen and oxygen atoms in total. The van der Waals surface area contributed by atoms with E-state index in [1.807, 2.05) is 31.2 Å². The summed E-state index contributed by atoms with van der Waals surface area (Å²) in [7, 11) is 0. The molecular formula is C16H21NO4. The number of hydrogen-bond donors (Lipinski definition) is 1. The maximum absolute atomic E-state index is 11.6. The van der Waals surface area contributed by atoms with Gasteiger partial charge in [-0.15, -0.1) is 0 Å². The molecule has 0 fully saturated rings. The van der Waals surface area contributed by atoms with Crippen molar-refractivity contribution in [1.82, 2.24) is 0 Å². The summed E-state index contributed by atoms with van der Waals surface area (Å²) in [5, 5.41) is 3.04. The Kier molecular flexibility index (Phi) is 7.01. The summed E-state index contributed by atoms with van der Waals surface area (Å²) in [5.41, 5.74) is 2.36. The molecule has 5 heteroatoms. The molecule has 0 heterocycles. The summed E-state index contributed by atoms with van der Waals surface area (Å²) in [6.45, 7) is 6.03. The predicted octanol–water partition coefficient (Wildman–Crippen LogP) is 2.81. The lowest BCUT2D eigenvalue weighted by molar-refractivity contribution is -0.142. The van der Waals surface area contributed by atoms with Gasteiger partial charge >= 0.3 is 11.9 Å². The monoisotopic (exact) mass is 291 g/mol. The van der Waals surface area contributed by atoms with E-state index in [1.54, 1.807) is 13.8 Å². The normalized spacial score (nSPS) is 10.9. The molecular weight excluding hydrogens is 270 g/mol. The highest BCUT2D eigenvalue weighted by Crippen LogP contribution is 2.14. The van der Waals surface area contributed by atoms with Gasteiger partial charge in [-0.3, -0.25) is 4.79 Å². The molecule has 1 aromatic carbocycles. The molecule has 1 aromatic rings. The van der Waals surface area contributed by atoms with Crippen molar-refractivity contribution in [2.75, 3.05) is 18.5 Å². The molecule has 21 heavy (non-hydrogen) atoms. The molecule has 0 amide bonds. The Hall–Kier alpha value is -2.30. The highest BCUT2D eigenvalue weighted by molar-refractivity contribution is 5.85. The van der Waals surface area contributed by atoms with Gasteiger partial charge < -0.3 is 14.8 Å². The SMILES string of the molecule is CCOC(=O)/C=C(/CC(=O)OCC)Nc1ccc(C)cc1. The van der Waals surface area contributed by atoms with Crippen LogP contribution in [-0.4, -0.2) is 25.2 Å². The number of ether oxygens (including phenoxy) is 2. The van der Waals surface area contributed by atoms with Gasteiger partial charge in [0.1, 0.15) is 0 Å². The maximum atomic E-state index is 11.6.